The third kappa shape index (κ3) is 7.56. The molecule has 9 heteroatoms. The van der Waals surface area contributed by atoms with Gasteiger partial charge in [0.25, 0.3) is 0 Å². The molecule has 0 amide bonds. The van der Waals surface area contributed by atoms with E-state index in [1.807, 2.05) is 49.4 Å². The van der Waals surface area contributed by atoms with Gasteiger partial charge in [0.2, 0.25) is 0 Å². The molecule has 1 aliphatic heterocycles. The number of hydrogen-bond donors (Lipinski definition) is 0. The van der Waals surface area contributed by atoms with Crippen LogP contribution >= 0.6 is 0 Å². The van der Waals surface area contributed by atoms with Crippen LogP contribution in [0, 0.1) is 0 Å². The van der Waals surface area contributed by atoms with Crippen LogP contribution in [-0.2, 0) is 32.0 Å². The van der Waals surface area contributed by atoms with Gasteiger partial charge in [-0.05, 0) is 49.6 Å². The van der Waals surface area contributed by atoms with Crippen molar-refractivity contribution in [3.05, 3.63) is 82.9 Å². The molecule has 0 aromatic heterocycles. The zero-order valence-corrected chi connectivity index (χ0v) is 19.5. The van der Waals surface area contributed by atoms with E-state index in [1.165, 1.54) is 6.92 Å². The van der Waals surface area contributed by atoms with E-state index in [0.29, 0.717) is 31.8 Å². The average molecular weight is 502 g/mol. The molecule has 3 rings (SSSR count). The van der Waals surface area contributed by atoms with E-state index < -0.39 is 35.0 Å². The number of halogens is 6. The zero-order chi connectivity index (χ0) is 25.7. The van der Waals surface area contributed by atoms with E-state index in [4.69, 9.17) is 14.2 Å². The maximum Gasteiger partial charge on any atom is 0.416 e. The molecule has 1 heterocycles. The fraction of sp³-hybridized carbons (Fsp3) is 0.462. The van der Waals surface area contributed by atoms with Crippen molar-refractivity contribution in [1.82, 2.24) is 0 Å². The first-order chi connectivity index (χ1) is 16.4. The third-order valence-electron chi connectivity index (χ3n) is 5.86. The maximum atomic E-state index is 13.3. The Morgan fingerprint density at radius 2 is 1.49 bits per heavy atom. The quantitative estimate of drug-likeness (QED) is 0.277. The lowest BCUT2D eigenvalue weighted by molar-refractivity contribution is -0.175. The van der Waals surface area contributed by atoms with Crippen LogP contribution in [0.1, 0.15) is 55.0 Å². The lowest BCUT2D eigenvalue weighted by Crippen LogP contribution is -2.28. The maximum absolute atomic E-state index is 13.3. The molecule has 0 bridgehead atoms. The Bertz CT molecular complexity index is 949. The lowest BCUT2D eigenvalue weighted by Gasteiger charge is -2.29. The fourth-order valence-corrected chi connectivity index (χ4v) is 3.77. The molecule has 3 nitrogen and oxygen atoms in total. The minimum absolute atomic E-state index is 0.0264. The molecule has 35 heavy (non-hydrogen) atoms. The summed E-state index contributed by atoms with van der Waals surface area (Å²) in [7, 11) is 0. The number of rotatable bonds is 8. The van der Waals surface area contributed by atoms with Gasteiger partial charge in [-0.3, -0.25) is 0 Å². The molecule has 0 radical (unpaired) electrons. The normalized spacial score (nSPS) is 18.5. The Kier molecular flexibility index (Phi) is 8.67. The molecule has 0 saturated carbocycles. The van der Waals surface area contributed by atoms with Crippen LogP contribution in [-0.4, -0.2) is 26.1 Å². The van der Waals surface area contributed by atoms with Crippen LogP contribution in [0.3, 0.4) is 0 Å². The van der Waals surface area contributed by atoms with Crippen molar-refractivity contribution in [3.63, 3.8) is 0 Å². The molecule has 0 aliphatic carbocycles. The summed E-state index contributed by atoms with van der Waals surface area (Å²) in [4.78, 5) is 0. The SMILES string of the molecule is C[C@@H](OC[C@](C)(/C=C\CC1OCCCO1)c1ccccc1)c1cc(C(F)(F)F)cc(C(F)(F)F)c1. The van der Waals surface area contributed by atoms with Crippen molar-refractivity contribution in [2.24, 2.45) is 0 Å². The van der Waals surface area contributed by atoms with Gasteiger partial charge in [0, 0.05) is 11.8 Å². The van der Waals surface area contributed by atoms with Crippen molar-refractivity contribution in [1.29, 1.82) is 0 Å². The minimum atomic E-state index is -4.92. The fourth-order valence-electron chi connectivity index (χ4n) is 3.77. The van der Waals surface area contributed by atoms with Crippen LogP contribution in [0.25, 0.3) is 0 Å². The van der Waals surface area contributed by atoms with Gasteiger partial charge in [-0.1, -0.05) is 42.5 Å². The van der Waals surface area contributed by atoms with Gasteiger partial charge in [-0.15, -0.1) is 0 Å². The highest BCUT2D eigenvalue weighted by atomic mass is 19.4. The summed E-state index contributed by atoms with van der Waals surface area (Å²) in [5, 5.41) is 0. The van der Waals surface area contributed by atoms with Gasteiger partial charge in [-0.25, -0.2) is 0 Å². The van der Waals surface area contributed by atoms with Crippen LogP contribution in [0.15, 0.2) is 60.7 Å². The topological polar surface area (TPSA) is 27.7 Å². The first-order valence-corrected chi connectivity index (χ1v) is 11.3. The smallest absolute Gasteiger partial charge is 0.373 e. The summed E-state index contributed by atoms with van der Waals surface area (Å²) in [6, 6.07) is 10.8. The number of benzene rings is 2. The Morgan fingerprint density at radius 1 is 0.914 bits per heavy atom. The molecule has 2 aromatic rings. The molecular formula is C26H28F6O3. The van der Waals surface area contributed by atoms with Crippen LogP contribution in [0.5, 0.6) is 0 Å². The molecule has 1 aliphatic rings. The highest BCUT2D eigenvalue weighted by Gasteiger charge is 2.37. The summed E-state index contributed by atoms with van der Waals surface area (Å²) >= 11 is 0. The van der Waals surface area contributed by atoms with Crippen LogP contribution in [0.2, 0.25) is 0 Å². The molecule has 2 aromatic carbocycles. The van der Waals surface area contributed by atoms with Gasteiger partial charge in [-0.2, -0.15) is 26.3 Å². The minimum Gasteiger partial charge on any atom is -0.373 e. The highest BCUT2D eigenvalue weighted by molar-refractivity contribution is 5.35. The number of hydrogen-bond acceptors (Lipinski definition) is 3. The predicted molar refractivity (Wildman–Crippen MR) is 119 cm³/mol. The zero-order valence-electron chi connectivity index (χ0n) is 19.5. The van der Waals surface area contributed by atoms with E-state index in [2.05, 4.69) is 0 Å². The van der Waals surface area contributed by atoms with Gasteiger partial charge in [0.15, 0.2) is 6.29 Å². The van der Waals surface area contributed by atoms with Crippen molar-refractivity contribution < 1.29 is 40.6 Å². The Hall–Kier alpha value is -2.36. The van der Waals surface area contributed by atoms with E-state index in [9.17, 15) is 26.3 Å². The molecule has 0 N–H and O–H groups in total. The average Bonchev–Trinajstić information content (AvgIpc) is 2.82. The standard InChI is InChI=1S/C26H28F6O3/c1-18(19-14-21(25(27,28)29)16-22(15-19)26(30,31)32)35-17-24(2,20-8-4-3-5-9-20)11-6-10-23-33-12-7-13-34-23/h3-6,8-9,11,14-16,18,23H,7,10,12-13,17H2,1-2H3/b11-6-/t18-,24+/m1/s1. The first kappa shape index (κ1) is 27.2. The van der Waals surface area contributed by atoms with E-state index in [1.54, 1.807) is 0 Å². The highest BCUT2D eigenvalue weighted by Crippen LogP contribution is 2.38. The molecule has 0 spiro atoms. The van der Waals surface area contributed by atoms with Gasteiger partial charge in [0.1, 0.15) is 0 Å². The molecule has 0 unspecified atom stereocenters. The Labute approximate surface area is 200 Å². The Morgan fingerprint density at radius 3 is 2.03 bits per heavy atom. The third-order valence-corrected chi connectivity index (χ3v) is 5.86. The summed E-state index contributed by atoms with van der Waals surface area (Å²) in [5.41, 5.74) is -2.74. The summed E-state index contributed by atoms with van der Waals surface area (Å²) < 4.78 is 96.5. The number of ether oxygens (including phenoxy) is 3. The van der Waals surface area contributed by atoms with Crippen molar-refractivity contribution >= 4 is 0 Å². The van der Waals surface area contributed by atoms with Gasteiger partial charge < -0.3 is 14.2 Å². The van der Waals surface area contributed by atoms with Crippen molar-refractivity contribution in [3.8, 4) is 0 Å². The molecular weight excluding hydrogens is 474 g/mol. The van der Waals surface area contributed by atoms with Crippen molar-refractivity contribution in [2.75, 3.05) is 19.8 Å². The van der Waals surface area contributed by atoms with E-state index in [0.717, 1.165) is 12.0 Å². The molecule has 2 atom stereocenters. The monoisotopic (exact) mass is 502 g/mol. The second-order valence-electron chi connectivity index (χ2n) is 8.74. The number of alkyl halides is 6. The summed E-state index contributed by atoms with van der Waals surface area (Å²) in [6.07, 6.45) is -6.07. The summed E-state index contributed by atoms with van der Waals surface area (Å²) in [5.74, 6) is 0. The van der Waals surface area contributed by atoms with Gasteiger partial charge in [0.05, 0.1) is 37.1 Å². The second kappa shape index (κ2) is 11.1. The molecule has 1 saturated heterocycles. The Balaban J connectivity index is 1.81. The summed E-state index contributed by atoms with van der Waals surface area (Å²) in [6.45, 7) is 4.59. The van der Waals surface area contributed by atoms with E-state index >= 15 is 0 Å². The first-order valence-electron chi connectivity index (χ1n) is 11.3. The molecule has 192 valence electrons. The lowest BCUT2D eigenvalue weighted by atomic mass is 9.82. The van der Waals surface area contributed by atoms with Crippen molar-refractivity contribution in [2.45, 2.75) is 56.9 Å². The second-order valence-corrected chi connectivity index (χ2v) is 8.74. The van der Waals surface area contributed by atoms with Crippen LogP contribution < -0.4 is 0 Å². The van der Waals surface area contributed by atoms with E-state index in [-0.39, 0.29) is 24.5 Å². The van der Waals surface area contributed by atoms with Crippen LogP contribution in [0.4, 0.5) is 26.3 Å². The molecule has 1 fully saturated rings. The van der Waals surface area contributed by atoms with Gasteiger partial charge >= 0.3 is 12.4 Å². The predicted octanol–water partition coefficient (Wildman–Crippen LogP) is 7.47. The largest absolute Gasteiger partial charge is 0.416 e.